The maximum Gasteiger partial charge on any atom is 0.289 e. The van der Waals surface area contributed by atoms with Gasteiger partial charge in [-0.3, -0.25) is 0 Å². The van der Waals surface area contributed by atoms with Crippen LogP contribution < -0.4 is 4.57 Å². The molecule has 0 N–H and O–H groups in total. The van der Waals surface area contributed by atoms with Gasteiger partial charge in [-0.2, -0.15) is 0 Å². The first-order chi connectivity index (χ1) is 9.63. The highest BCUT2D eigenvalue weighted by Crippen LogP contribution is 2.25. The summed E-state index contributed by atoms with van der Waals surface area (Å²) < 4.78 is 4.51. The van der Waals surface area contributed by atoms with E-state index in [1.54, 1.807) is 0 Å². The zero-order chi connectivity index (χ0) is 14.3. The van der Waals surface area contributed by atoms with Crippen molar-refractivity contribution in [1.82, 2.24) is 4.57 Å². The van der Waals surface area contributed by atoms with Gasteiger partial charge in [-0.05, 0) is 36.2 Å². The van der Waals surface area contributed by atoms with Gasteiger partial charge in [-0.15, -0.1) is 0 Å². The molecule has 2 aromatic carbocycles. The van der Waals surface area contributed by atoms with Crippen LogP contribution >= 0.6 is 0 Å². The van der Waals surface area contributed by atoms with E-state index in [1.807, 2.05) is 6.08 Å². The van der Waals surface area contributed by atoms with Crippen LogP contribution in [0.4, 0.5) is 0 Å². The average molecular weight is 263 g/mol. The number of aryl methyl sites for hydroxylation is 3. The minimum absolute atomic E-state index is 1.15. The molecule has 0 saturated heterocycles. The summed E-state index contributed by atoms with van der Waals surface area (Å²) in [5, 5.41) is 0. The summed E-state index contributed by atoms with van der Waals surface area (Å²) in [7, 11) is 4.25. The highest BCUT2D eigenvalue weighted by Gasteiger charge is 2.22. The minimum atomic E-state index is 1.15. The van der Waals surface area contributed by atoms with Crippen molar-refractivity contribution in [2.45, 2.75) is 6.92 Å². The van der Waals surface area contributed by atoms with E-state index in [1.165, 1.54) is 28.0 Å². The van der Waals surface area contributed by atoms with Crippen LogP contribution in [0.3, 0.4) is 0 Å². The van der Waals surface area contributed by atoms with Gasteiger partial charge >= 0.3 is 0 Å². The topological polar surface area (TPSA) is 8.81 Å². The first-order valence-corrected chi connectivity index (χ1v) is 6.80. The van der Waals surface area contributed by atoms with Gasteiger partial charge in [0.1, 0.15) is 0 Å². The molecule has 2 nitrogen and oxygen atoms in total. The summed E-state index contributed by atoms with van der Waals surface area (Å²) in [6.07, 6.45) is 1.89. The highest BCUT2D eigenvalue weighted by molar-refractivity contribution is 5.77. The quantitative estimate of drug-likeness (QED) is 0.624. The van der Waals surface area contributed by atoms with Gasteiger partial charge in [-0.25, -0.2) is 9.13 Å². The lowest BCUT2D eigenvalue weighted by molar-refractivity contribution is -0.634. The highest BCUT2D eigenvalue weighted by atomic mass is 15.1. The number of hydrogen-bond acceptors (Lipinski definition) is 0. The number of fused-ring (bicyclic) bond motifs is 1. The molecule has 1 heterocycles. The standard InChI is InChI=1S/C18H19N2/c1-5-14-11-10-13(2)15(12-14)18-19(3)16-8-6-7-9-17(16)20(18)4/h5-12H,1H2,2-4H3/q+1. The molecule has 0 fully saturated rings. The third-order valence-electron chi connectivity index (χ3n) is 3.98. The number of benzene rings is 2. The predicted molar refractivity (Wildman–Crippen MR) is 84.4 cm³/mol. The van der Waals surface area contributed by atoms with E-state index in [2.05, 4.69) is 79.2 Å². The van der Waals surface area contributed by atoms with Crippen LogP contribution in [0, 0.1) is 6.92 Å². The molecule has 0 unspecified atom stereocenters. The number of hydrogen-bond donors (Lipinski definition) is 0. The first kappa shape index (κ1) is 12.7. The Morgan fingerprint density at radius 1 is 1.15 bits per heavy atom. The summed E-state index contributed by atoms with van der Waals surface area (Å²) in [5.74, 6) is 1.22. The Morgan fingerprint density at radius 3 is 2.60 bits per heavy atom. The van der Waals surface area contributed by atoms with E-state index in [0.29, 0.717) is 0 Å². The van der Waals surface area contributed by atoms with E-state index in [-0.39, 0.29) is 0 Å². The molecule has 20 heavy (non-hydrogen) atoms. The van der Waals surface area contributed by atoms with E-state index in [0.717, 1.165) is 5.56 Å². The number of para-hydroxylation sites is 2. The molecule has 0 saturated carbocycles. The molecule has 0 spiro atoms. The summed E-state index contributed by atoms with van der Waals surface area (Å²) in [6, 6.07) is 14.9. The van der Waals surface area contributed by atoms with Gasteiger partial charge in [0.2, 0.25) is 0 Å². The summed E-state index contributed by atoms with van der Waals surface area (Å²) >= 11 is 0. The van der Waals surface area contributed by atoms with Crippen LogP contribution in [-0.2, 0) is 14.1 Å². The molecule has 0 aliphatic rings. The summed E-state index contributed by atoms with van der Waals surface area (Å²) in [4.78, 5) is 0. The monoisotopic (exact) mass is 263 g/mol. The Bertz CT molecular complexity index is 771. The van der Waals surface area contributed by atoms with E-state index < -0.39 is 0 Å². The molecule has 2 heteroatoms. The van der Waals surface area contributed by atoms with Gasteiger partial charge < -0.3 is 0 Å². The summed E-state index contributed by atoms with van der Waals surface area (Å²) in [5.41, 5.74) is 6.17. The van der Waals surface area contributed by atoms with Gasteiger partial charge in [0.05, 0.1) is 19.7 Å². The fourth-order valence-electron chi connectivity index (χ4n) is 2.85. The molecule has 3 aromatic rings. The van der Waals surface area contributed by atoms with Crippen molar-refractivity contribution in [3.05, 3.63) is 60.2 Å². The number of nitrogens with zero attached hydrogens (tertiary/aromatic N) is 2. The predicted octanol–water partition coefficient (Wildman–Crippen LogP) is 3.62. The SMILES string of the molecule is C=Cc1ccc(C)c(-c2n(C)c3ccccc3[n+]2C)c1. The van der Waals surface area contributed by atoms with Crippen molar-refractivity contribution in [1.29, 1.82) is 0 Å². The van der Waals surface area contributed by atoms with Crippen molar-refractivity contribution < 1.29 is 4.57 Å². The lowest BCUT2D eigenvalue weighted by Crippen LogP contribution is -2.30. The van der Waals surface area contributed by atoms with Gasteiger partial charge in [0, 0.05) is 0 Å². The molecule has 0 aliphatic heterocycles. The molecule has 0 atom stereocenters. The largest absolute Gasteiger partial charge is 0.289 e. The smallest absolute Gasteiger partial charge is 0.226 e. The molecule has 0 bridgehead atoms. The van der Waals surface area contributed by atoms with Crippen molar-refractivity contribution >= 4 is 17.1 Å². The van der Waals surface area contributed by atoms with Crippen LogP contribution in [0.5, 0.6) is 0 Å². The number of imidazole rings is 1. The van der Waals surface area contributed by atoms with Crippen molar-refractivity contribution in [2.24, 2.45) is 14.1 Å². The normalized spacial score (nSPS) is 10.9. The van der Waals surface area contributed by atoms with Crippen LogP contribution in [0.1, 0.15) is 11.1 Å². The number of aromatic nitrogens is 2. The van der Waals surface area contributed by atoms with Gasteiger partial charge in [0.15, 0.2) is 11.0 Å². The second-order valence-corrected chi connectivity index (χ2v) is 5.21. The third kappa shape index (κ3) is 1.76. The zero-order valence-corrected chi connectivity index (χ0v) is 12.2. The van der Waals surface area contributed by atoms with Crippen LogP contribution in [0.15, 0.2) is 49.0 Å². The van der Waals surface area contributed by atoms with E-state index in [4.69, 9.17) is 0 Å². The van der Waals surface area contributed by atoms with Crippen LogP contribution in [0.2, 0.25) is 0 Å². The Balaban J connectivity index is 2.38. The molecule has 0 amide bonds. The fraction of sp³-hybridized carbons (Fsp3) is 0.167. The maximum atomic E-state index is 3.87. The van der Waals surface area contributed by atoms with Crippen molar-refractivity contribution in [3.63, 3.8) is 0 Å². The maximum absolute atomic E-state index is 3.87. The first-order valence-electron chi connectivity index (χ1n) is 6.80. The Labute approximate surface area is 119 Å². The Hall–Kier alpha value is -2.35. The minimum Gasteiger partial charge on any atom is -0.226 e. The molecular weight excluding hydrogens is 244 g/mol. The second kappa shape index (κ2) is 4.64. The third-order valence-corrected chi connectivity index (χ3v) is 3.98. The van der Waals surface area contributed by atoms with Crippen molar-refractivity contribution in [2.75, 3.05) is 0 Å². The molecule has 0 aliphatic carbocycles. The lowest BCUT2D eigenvalue weighted by atomic mass is 10.0. The van der Waals surface area contributed by atoms with E-state index in [9.17, 15) is 0 Å². The number of rotatable bonds is 2. The summed E-state index contributed by atoms with van der Waals surface area (Å²) in [6.45, 7) is 6.02. The van der Waals surface area contributed by atoms with Gasteiger partial charge in [0.25, 0.3) is 5.82 Å². The molecular formula is C18H19N2+. The van der Waals surface area contributed by atoms with Gasteiger partial charge in [-0.1, -0.05) is 36.9 Å². The Morgan fingerprint density at radius 2 is 1.90 bits per heavy atom. The van der Waals surface area contributed by atoms with Crippen LogP contribution in [-0.4, -0.2) is 4.57 Å². The molecule has 1 aromatic heterocycles. The van der Waals surface area contributed by atoms with Crippen molar-refractivity contribution in [3.8, 4) is 11.4 Å². The second-order valence-electron chi connectivity index (χ2n) is 5.21. The van der Waals surface area contributed by atoms with Crippen LogP contribution in [0.25, 0.3) is 28.5 Å². The molecule has 3 rings (SSSR count). The molecule has 100 valence electrons. The lowest BCUT2D eigenvalue weighted by Gasteiger charge is -2.05. The van der Waals surface area contributed by atoms with E-state index >= 15 is 0 Å². The zero-order valence-electron chi connectivity index (χ0n) is 12.2. The fourth-order valence-corrected chi connectivity index (χ4v) is 2.85. The average Bonchev–Trinajstić information content (AvgIpc) is 2.72. The Kier molecular flexibility index (Phi) is 2.94. The molecule has 0 radical (unpaired) electrons.